The molecule has 0 aliphatic carbocycles. The Labute approximate surface area is 87.5 Å². The fraction of sp³-hybridized carbons (Fsp3) is 0.273. The maximum Gasteiger partial charge on any atom is 0.0948 e. The van der Waals surface area contributed by atoms with Crippen molar-refractivity contribution in [1.29, 1.82) is 0 Å². The smallest absolute Gasteiger partial charge is 0.0948 e. The summed E-state index contributed by atoms with van der Waals surface area (Å²) in [6.07, 6.45) is -0.590. The highest BCUT2D eigenvalue weighted by atomic mass is 35.5. The van der Waals surface area contributed by atoms with Crippen LogP contribution in [0.15, 0.2) is 24.3 Å². The predicted molar refractivity (Wildman–Crippen MR) is 58.7 cm³/mol. The highest BCUT2D eigenvalue weighted by Gasteiger charge is 2.14. The maximum atomic E-state index is 9.75. The molecule has 2 nitrogen and oxygen atoms in total. The average molecular weight is 210 g/mol. The third-order valence-corrected chi connectivity index (χ3v) is 2.72. The van der Waals surface area contributed by atoms with Crippen LogP contribution in [0, 0.1) is 6.92 Å². The van der Waals surface area contributed by atoms with Crippen molar-refractivity contribution in [3.8, 4) is 0 Å². The number of aromatic amines is 1. The van der Waals surface area contributed by atoms with Crippen molar-refractivity contribution in [3.05, 3.63) is 35.5 Å². The molecule has 2 N–H and O–H groups in total. The molecule has 0 amide bonds. The molecule has 0 saturated heterocycles. The normalized spacial score (nSPS) is 13.4. The molecule has 0 bridgehead atoms. The zero-order valence-electron chi connectivity index (χ0n) is 7.92. The summed E-state index contributed by atoms with van der Waals surface area (Å²) < 4.78 is 0. The topological polar surface area (TPSA) is 36.0 Å². The Morgan fingerprint density at radius 3 is 2.86 bits per heavy atom. The number of nitrogens with one attached hydrogen (secondary N) is 1. The van der Waals surface area contributed by atoms with Gasteiger partial charge in [-0.2, -0.15) is 0 Å². The molecule has 2 rings (SSSR count). The Balaban J connectivity index is 2.67. The minimum absolute atomic E-state index is 0.225. The molecule has 14 heavy (non-hydrogen) atoms. The Bertz CT molecular complexity index is 449. The molecule has 0 spiro atoms. The minimum atomic E-state index is -0.590. The van der Waals surface area contributed by atoms with Crippen LogP contribution in [0.25, 0.3) is 10.9 Å². The van der Waals surface area contributed by atoms with Gasteiger partial charge in [0.05, 0.1) is 12.0 Å². The van der Waals surface area contributed by atoms with E-state index in [1.165, 1.54) is 0 Å². The van der Waals surface area contributed by atoms with Gasteiger partial charge in [0.2, 0.25) is 0 Å². The van der Waals surface area contributed by atoms with Gasteiger partial charge >= 0.3 is 0 Å². The van der Waals surface area contributed by atoms with Gasteiger partial charge in [-0.05, 0) is 13.0 Å². The van der Waals surface area contributed by atoms with E-state index in [-0.39, 0.29) is 5.88 Å². The number of benzene rings is 1. The van der Waals surface area contributed by atoms with Crippen molar-refractivity contribution in [2.24, 2.45) is 0 Å². The van der Waals surface area contributed by atoms with E-state index in [0.29, 0.717) is 0 Å². The van der Waals surface area contributed by atoms with E-state index < -0.39 is 6.10 Å². The SMILES string of the molecule is Cc1[nH]c2ccccc2c1C(O)CCl. The molecule has 74 valence electrons. The summed E-state index contributed by atoms with van der Waals surface area (Å²) in [6, 6.07) is 7.91. The van der Waals surface area contributed by atoms with Crippen molar-refractivity contribution in [3.63, 3.8) is 0 Å². The van der Waals surface area contributed by atoms with Gasteiger partial charge < -0.3 is 10.1 Å². The zero-order valence-corrected chi connectivity index (χ0v) is 8.67. The summed E-state index contributed by atoms with van der Waals surface area (Å²) in [5.74, 6) is 0.225. The highest BCUT2D eigenvalue weighted by Crippen LogP contribution is 2.28. The van der Waals surface area contributed by atoms with Crippen molar-refractivity contribution in [1.82, 2.24) is 4.98 Å². The van der Waals surface area contributed by atoms with Crippen LogP contribution in [0.4, 0.5) is 0 Å². The molecular formula is C11H12ClNO. The molecule has 1 unspecified atom stereocenters. The van der Waals surface area contributed by atoms with Crippen LogP contribution in [-0.2, 0) is 0 Å². The summed E-state index contributed by atoms with van der Waals surface area (Å²) in [5, 5.41) is 10.8. The number of aliphatic hydroxyl groups is 1. The van der Waals surface area contributed by atoms with E-state index in [2.05, 4.69) is 4.98 Å². The summed E-state index contributed by atoms with van der Waals surface area (Å²) in [6.45, 7) is 1.95. The lowest BCUT2D eigenvalue weighted by Crippen LogP contribution is -1.99. The van der Waals surface area contributed by atoms with Gasteiger partial charge in [0.25, 0.3) is 0 Å². The van der Waals surface area contributed by atoms with E-state index in [9.17, 15) is 5.11 Å². The lowest BCUT2D eigenvalue weighted by Gasteiger charge is -2.06. The molecule has 1 aromatic heterocycles. The first-order chi connectivity index (χ1) is 6.74. The first-order valence-corrected chi connectivity index (χ1v) is 5.08. The summed E-state index contributed by atoms with van der Waals surface area (Å²) >= 11 is 5.65. The molecule has 0 radical (unpaired) electrons. The number of H-pyrrole nitrogens is 1. The number of alkyl halides is 1. The predicted octanol–water partition coefficient (Wildman–Crippen LogP) is 2.75. The largest absolute Gasteiger partial charge is 0.387 e. The van der Waals surface area contributed by atoms with Crippen LogP contribution in [0.1, 0.15) is 17.4 Å². The number of aliphatic hydroxyl groups excluding tert-OH is 1. The summed E-state index contributed by atoms with van der Waals surface area (Å²) in [7, 11) is 0. The second-order valence-electron chi connectivity index (χ2n) is 3.38. The van der Waals surface area contributed by atoms with E-state index >= 15 is 0 Å². The highest BCUT2D eigenvalue weighted by molar-refractivity contribution is 6.18. The van der Waals surface area contributed by atoms with Crippen molar-refractivity contribution in [2.75, 3.05) is 5.88 Å². The van der Waals surface area contributed by atoms with Gasteiger partial charge in [0.1, 0.15) is 0 Å². The Morgan fingerprint density at radius 1 is 1.43 bits per heavy atom. The molecule has 1 aromatic carbocycles. The van der Waals surface area contributed by atoms with E-state index in [1.807, 2.05) is 31.2 Å². The van der Waals surface area contributed by atoms with Crippen molar-refractivity contribution >= 4 is 22.5 Å². The van der Waals surface area contributed by atoms with Crippen LogP contribution in [-0.4, -0.2) is 16.0 Å². The molecule has 1 heterocycles. The van der Waals surface area contributed by atoms with Gasteiger partial charge in [0.15, 0.2) is 0 Å². The molecule has 0 aliphatic rings. The van der Waals surface area contributed by atoms with E-state index in [0.717, 1.165) is 22.2 Å². The molecule has 2 aromatic rings. The van der Waals surface area contributed by atoms with Gasteiger partial charge in [-0.1, -0.05) is 18.2 Å². The average Bonchev–Trinajstić information content (AvgIpc) is 2.53. The Hall–Kier alpha value is -0.990. The van der Waals surface area contributed by atoms with Crippen LogP contribution in [0.5, 0.6) is 0 Å². The Kier molecular flexibility index (Phi) is 2.48. The fourth-order valence-corrected chi connectivity index (χ4v) is 1.96. The van der Waals surface area contributed by atoms with Crippen molar-refractivity contribution < 1.29 is 5.11 Å². The van der Waals surface area contributed by atoms with Crippen LogP contribution < -0.4 is 0 Å². The lowest BCUT2D eigenvalue weighted by molar-refractivity contribution is 0.203. The third-order valence-electron chi connectivity index (χ3n) is 2.42. The van der Waals surface area contributed by atoms with E-state index in [1.54, 1.807) is 0 Å². The number of fused-ring (bicyclic) bond motifs is 1. The van der Waals surface area contributed by atoms with E-state index in [4.69, 9.17) is 11.6 Å². The minimum Gasteiger partial charge on any atom is -0.387 e. The lowest BCUT2D eigenvalue weighted by atomic mass is 10.1. The second-order valence-corrected chi connectivity index (χ2v) is 3.69. The number of aromatic nitrogens is 1. The summed E-state index contributed by atoms with van der Waals surface area (Å²) in [4.78, 5) is 3.22. The van der Waals surface area contributed by atoms with Crippen molar-refractivity contribution in [2.45, 2.75) is 13.0 Å². The molecule has 1 atom stereocenters. The number of rotatable bonds is 2. The van der Waals surface area contributed by atoms with Crippen LogP contribution in [0.3, 0.4) is 0 Å². The molecule has 0 fully saturated rings. The monoisotopic (exact) mass is 209 g/mol. The maximum absolute atomic E-state index is 9.75. The number of hydrogen-bond acceptors (Lipinski definition) is 1. The fourth-order valence-electron chi connectivity index (χ4n) is 1.80. The summed E-state index contributed by atoms with van der Waals surface area (Å²) in [5.41, 5.74) is 2.94. The molecule has 3 heteroatoms. The number of hydrogen-bond donors (Lipinski definition) is 2. The second kappa shape index (κ2) is 3.64. The van der Waals surface area contributed by atoms with Gasteiger partial charge in [-0.3, -0.25) is 0 Å². The first kappa shape index (κ1) is 9.56. The Morgan fingerprint density at radius 2 is 2.14 bits per heavy atom. The third kappa shape index (κ3) is 1.41. The zero-order chi connectivity index (χ0) is 10.1. The molecule has 0 saturated carbocycles. The number of para-hydroxylation sites is 1. The number of aryl methyl sites for hydroxylation is 1. The van der Waals surface area contributed by atoms with Crippen LogP contribution >= 0.6 is 11.6 Å². The quantitative estimate of drug-likeness (QED) is 0.734. The van der Waals surface area contributed by atoms with Gasteiger partial charge in [-0.25, -0.2) is 0 Å². The van der Waals surface area contributed by atoms with Crippen LogP contribution in [0.2, 0.25) is 0 Å². The molecule has 0 aliphatic heterocycles. The standard InChI is InChI=1S/C11H12ClNO/c1-7-11(10(14)6-12)8-4-2-3-5-9(8)13-7/h2-5,10,13-14H,6H2,1H3. The van der Waals surface area contributed by atoms with Gasteiger partial charge in [0, 0.05) is 22.2 Å². The number of halogens is 1. The first-order valence-electron chi connectivity index (χ1n) is 4.55. The van der Waals surface area contributed by atoms with Gasteiger partial charge in [-0.15, -0.1) is 11.6 Å². The molecular weight excluding hydrogens is 198 g/mol.